The summed E-state index contributed by atoms with van der Waals surface area (Å²) in [5.41, 5.74) is 8.79. The van der Waals surface area contributed by atoms with Crippen LogP contribution in [-0.4, -0.2) is 88.2 Å². The Balaban J connectivity index is 0.000000195. The van der Waals surface area contributed by atoms with Crippen molar-refractivity contribution in [2.24, 2.45) is 16.6 Å². The lowest BCUT2D eigenvalue weighted by atomic mass is 9.87. The molecule has 3 aliphatic heterocycles. The van der Waals surface area contributed by atoms with Gasteiger partial charge < -0.3 is 46.4 Å². The number of aromatic hydroxyl groups is 1. The molecule has 3 aromatic carbocycles. The number of carbonyl (C=O) groups is 2. The molecule has 16 heteroatoms. The van der Waals surface area contributed by atoms with Gasteiger partial charge in [-0.2, -0.15) is 0 Å². The fourth-order valence-corrected chi connectivity index (χ4v) is 7.23. The van der Waals surface area contributed by atoms with Crippen molar-refractivity contribution in [2.75, 3.05) is 39.2 Å². The van der Waals surface area contributed by atoms with Gasteiger partial charge in [0.15, 0.2) is 23.1 Å². The van der Waals surface area contributed by atoms with E-state index in [4.69, 9.17) is 15.2 Å². The van der Waals surface area contributed by atoms with Crippen molar-refractivity contribution >= 4 is 63.1 Å². The number of phenols is 1. The first-order valence-electron chi connectivity index (χ1n) is 17.5. The van der Waals surface area contributed by atoms with Gasteiger partial charge in [0, 0.05) is 59.5 Å². The Kier molecular flexibility index (Phi) is 11.0. The largest absolute Gasteiger partial charge is 0.507 e. The second kappa shape index (κ2) is 15.5. The molecule has 0 saturated carbocycles. The van der Waals surface area contributed by atoms with Gasteiger partial charge in [0.25, 0.3) is 5.91 Å². The van der Waals surface area contributed by atoms with Crippen molar-refractivity contribution in [1.82, 2.24) is 25.6 Å². The first kappa shape index (κ1) is 38.9. The van der Waals surface area contributed by atoms with Gasteiger partial charge in [-0.25, -0.2) is 19.4 Å². The lowest BCUT2D eigenvalue weighted by Gasteiger charge is -2.31. The predicted molar refractivity (Wildman–Crippen MR) is 210 cm³/mol. The number of nitrogens with one attached hydrogen (secondary N) is 4. The molecule has 0 spiro atoms. The maximum absolute atomic E-state index is 13.9. The number of aromatic amines is 1. The van der Waals surface area contributed by atoms with Crippen LogP contribution in [0.15, 0.2) is 65.3 Å². The SMILES string of the molecule is COc1cc2nc(-c3cc(F)ccc3O)nc(N[C@@H]3CNC[C@H]3C(C)(C)O)c2cc1OC.Cl.NC1=N/C(=C2/CCNC(=O)c3[nH]c4ccccc4c32)C(=O)C1. The molecule has 5 aromatic rings. The van der Waals surface area contributed by atoms with Crippen molar-refractivity contribution in [3.05, 3.63) is 77.4 Å². The molecule has 5 heterocycles. The molecular weight excluding hydrogens is 731 g/mol. The van der Waals surface area contributed by atoms with E-state index in [1.54, 1.807) is 33.1 Å². The summed E-state index contributed by atoms with van der Waals surface area (Å²) in [5, 5.41) is 32.1. The number of nitrogens with two attached hydrogens (primary N) is 1. The number of amides is 1. The predicted octanol–water partition coefficient (Wildman–Crippen LogP) is 4.69. The smallest absolute Gasteiger partial charge is 0.268 e. The quantitative estimate of drug-likeness (QED) is 0.118. The molecule has 288 valence electrons. The zero-order chi connectivity index (χ0) is 38.3. The fourth-order valence-electron chi connectivity index (χ4n) is 7.23. The molecule has 0 radical (unpaired) electrons. The first-order chi connectivity index (χ1) is 25.9. The average Bonchev–Trinajstić information content (AvgIpc) is 3.84. The van der Waals surface area contributed by atoms with Crippen molar-refractivity contribution in [3.8, 4) is 28.6 Å². The lowest BCUT2D eigenvalue weighted by Crippen LogP contribution is -2.42. The van der Waals surface area contributed by atoms with Crippen LogP contribution < -0.4 is 31.2 Å². The topological polar surface area (TPSA) is 209 Å². The second-order valence-corrected chi connectivity index (χ2v) is 13.9. The Morgan fingerprint density at radius 2 is 1.75 bits per heavy atom. The number of allylic oxidation sites excluding steroid dienone is 1. The number of carbonyl (C=O) groups excluding carboxylic acids is 2. The molecule has 8 N–H and O–H groups in total. The Morgan fingerprint density at radius 1 is 1.00 bits per heavy atom. The molecule has 14 nitrogen and oxygen atoms in total. The number of para-hydroxylation sites is 1. The van der Waals surface area contributed by atoms with E-state index >= 15 is 0 Å². The number of hydrogen-bond donors (Lipinski definition) is 7. The van der Waals surface area contributed by atoms with E-state index in [0.717, 1.165) is 22.0 Å². The lowest BCUT2D eigenvalue weighted by molar-refractivity contribution is -0.114. The van der Waals surface area contributed by atoms with Crippen LogP contribution in [0.25, 0.3) is 38.8 Å². The number of benzene rings is 3. The number of H-pyrrole nitrogens is 1. The monoisotopic (exact) mass is 772 g/mol. The van der Waals surface area contributed by atoms with Crippen LogP contribution in [0.3, 0.4) is 0 Å². The number of ether oxygens (including phenoxy) is 2. The van der Waals surface area contributed by atoms with E-state index in [1.165, 1.54) is 25.3 Å². The summed E-state index contributed by atoms with van der Waals surface area (Å²) in [4.78, 5) is 41.0. The highest BCUT2D eigenvalue weighted by Gasteiger charge is 2.38. The minimum Gasteiger partial charge on any atom is -0.507 e. The van der Waals surface area contributed by atoms with E-state index < -0.39 is 11.4 Å². The third kappa shape index (κ3) is 7.63. The summed E-state index contributed by atoms with van der Waals surface area (Å²) in [6.45, 7) is 5.31. The number of aliphatic hydroxyl groups is 1. The van der Waals surface area contributed by atoms with Crippen molar-refractivity contribution in [3.63, 3.8) is 0 Å². The van der Waals surface area contributed by atoms with Gasteiger partial charge in [-0.1, -0.05) is 18.2 Å². The summed E-state index contributed by atoms with van der Waals surface area (Å²) in [6, 6.07) is 14.7. The number of methoxy groups -OCH3 is 2. The standard InChI is InChI=1S/C23H27FN4O4.C16H14N4O2.ClH/c1-23(2,30)15-10-25-11-17(15)27-21-13-8-19(31-3)20(32-4)9-16(13)26-22(28-21)14-7-12(24)5-6-18(14)29;17-12-7-11(21)14(20-12)9-5-6-18-16(22)15-13(9)8-3-1-2-4-10(8)19-15;/h5-9,15,17,25,29-30H,10-11H2,1-4H3,(H,26,27,28);1-4,19H,5-7H2,(H2,17,20)(H,18,22);1H/b;14-9-;/t15-,17-;;/m1../s1. The Bertz CT molecular complexity index is 2370. The highest BCUT2D eigenvalue weighted by atomic mass is 35.5. The van der Waals surface area contributed by atoms with Crippen molar-refractivity contribution in [2.45, 2.75) is 38.3 Å². The number of hydrogen-bond acceptors (Lipinski definition) is 12. The van der Waals surface area contributed by atoms with E-state index in [0.29, 0.717) is 71.5 Å². The third-order valence-electron chi connectivity index (χ3n) is 9.89. The van der Waals surface area contributed by atoms with Crippen LogP contribution >= 0.6 is 12.4 Å². The molecule has 3 aliphatic rings. The number of Topliss-reactive ketones (excluding diaryl/α,β-unsaturated/α-hetero) is 1. The van der Waals surface area contributed by atoms with E-state index in [1.807, 2.05) is 24.3 Å². The van der Waals surface area contributed by atoms with Crippen LogP contribution in [0, 0.1) is 11.7 Å². The van der Waals surface area contributed by atoms with Crippen LogP contribution in [-0.2, 0) is 4.79 Å². The fraction of sp³-hybridized carbons (Fsp3) is 0.308. The molecule has 55 heavy (non-hydrogen) atoms. The molecule has 1 saturated heterocycles. The molecular formula is C39H42ClFN8O6. The van der Waals surface area contributed by atoms with Crippen LogP contribution in [0.5, 0.6) is 17.2 Å². The zero-order valence-electron chi connectivity index (χ0n) is 30.6. The number of rotatable bonds is 6. The number of anilines is 1. The number of halogens is 2. The summed E-state index contributed by atoms with van der Waals surface area (Å²) in [5.74, 6) is 1.01. The molecule has 0 bridgehead atoms. The van der Waals surface area contributed by atoms with Gasteiger partial charge >= 0.3 is 0 Å². The molecule has 2 atom stereocenters. The maximum Gasteiger partial charge on any atom is 0.268 e. The van der Waals surface area contributed by atoms with E-state index in [2.05, 4.69) is 35.9 Å². The summed E-state index contributed by atoms with van der Waals surface area (Å²) in [6.07, 6.45) is 0.705. The number of aromatic nitrogens is 3. The minimum absolute atomic E-state index is 0. The average molecular weight is 773 g/mol. The number of nitrogens with zero attached hydrogens (tertiary/aromatic N) is 3. The summed E-state index contributed by atoms with van der Waals surface area (Å²) < 4.78 is 24.8. The van der Waals surface area contributed by atoms with E-state index in [-0.39, 0.29) is 59.6 Å². The van der Waals surface area contributed by atoms with Gasteiger partial charge in [-0.05, 0) is 56.2 Å². The molecule has 1 amide bonds. The summed E-state index contributed by atoms with van der Waals surface area (Å²) in [7, 11) is 3.07. The van der Waals surface area contributed by atoms with Crippen LogP contribution in [0.1, 0.15) is 42.7 Å². The maximum atomic E-state index is 13.9. The molecule has 0 aliphatic carbocycles. The number of aliphatic imine (C=N–C) groups is 1. The Morgan fingerprint density at radius 3 is 2.45 bits per heavy atom. The molecule has 0 unspecified atom stereocenters. The van der Waals surface area contributed by atoms with Crippen LogP contribution in [0.4, 0.5) is 10.2 Å². The van der Waals surface area contributed by atoms with Gasteiger partial charge in [0.1, 0.15) is 34.6 Å². The first-order valence-corrected chi connectivity index (χ1v) is 17.5. The number of ketones is 1. The van der Waals surface area contributed by atoms with Crippen molar-refractivity contribution < 1.29 is 33.7 Å². The number of fused-ring (bicyclic) bond motifs is 4. The van der Waals surface area contributed by atoms with Crippen molar-refractivity contribution in [1.29, 1.82) is 0 Å². The van der Waals surface area contributed by atoms with Gasteiger partial charge in [-0.15, -0.1) is 12.4 Å². The van der Waals surface area contributed by atoms with Crippen LogP contribution in [0.2, 0.25) is 0 Å². The van der Waals surface area contributed by atoms with Gasteiger partial charge in [0.2, 0.25) is 0 Å². The van der Waals surface area contributed by atoms with Gasteiger partial charge in [0.05, 0.1) is 37.3 Å². The summed E-state index contributed by atoms with van der Waals surface area (Å²) >= 11 is 0. The van der Waals surface area contributed by atoms with Gasteiger partial charge in [-0.3, -0.25) is 9.59 Å². The molecule has 1 fully saturated rings. The highest BCUT2D eigenvalue weighted by Crippen LogP contribution is 2.39. The Labute approximate surface area is 321 Å². The third-order valence-corrected chi connectivity index (χ3v) is 9.89. The number of amidine groups is 1. The zero-order valence-corrected chi connectivity index (χ0v) is 31.4. The Hall–Kier alpha value is -5.77. The molecule has 2 aromatic heterocycles. The second-order valence-electron chi connectivity index (χ2n) is 13.9. The highest BCUT2D eigenvalue weighted by molar-refractivity contribution is 6.20. The van der Waals surface area contributed by atoms with E-state index in [9.17, 15) is 24.2 Å². The molecule has 8 rings (SSSR count). The minimum atomic E-state index is -0.908. The number of phenolic OH excluding ortho intramolecular Hbond substituents is 1. The normalized spacial score (nSPS) is 19.5.